The Balaban J connectivity index is 1.71. The fraction of sp³-hybridized carbons (Fsp3) is 0.389. The Morgan fingerprint density at radius 3 is 1.76 bits per heavy atom. The van der Waals surface area contributed by atoms with Gasteiger partial charge in [0.25, 0.3) is 6.10 Å². The molecule has 0 heterocycles. The van der Waals surface area contributed by atoms with Crippen molar-refractivity contribution >= 4 is 23.9 Å². The van der Waals surface area contributed by atoms with Gasteiger partial charge in [0, 0.05) is 13.0 Å². The van der Waals surface area contributed by atoms with Crippen LogP contribution in [0.3, 0.4) is 0 Å². The highest BCUT2D eigenvalue weighted by atomic mass is 16.6. The number of amides is 2. The minimum atomic E-state index is -1.67. The van der Waals surface area contributed by atoms with E-state index in [0.717, 1.165) is 30.4 Å². The number of benzene rings is 3. The lowest BCUT2D eigenvalue weighted by atomic mass is 10.0. The van der Waals surface area contributed by atoms with Gasteiger partial charge in [-0.2, -0.15) is 0 Å². The van der Waals surface area contributed by atoms with Crippen LogP contribution in [0.2, 0.25) is 0 Å². The molecular weight excluding hydrogens is 588 g/mol. The van der Waals surface area contributed by atoms with E-state index in [1.165, 1.54) is 0 Å². The fourth-order valence-electron chi connectivity index (χ4n) is 4.25. The van der Waals surface area contributed by atoms with E-state index in [4.69, 9.17) is 18.9 Å². The summed E-state index contributed by atoms with van der Waals surface area (Å²) in [7, 11) is 0. The van der Waals surface area contributed by atoms with Crippen LogP contribution in [0.4, 0.5) is 4.79 Å². The second kappa shape index (κ2) is 18.2. The van der Waals surface area contributed by atoms with Crippen molar-refractivity contribution in [3.05, 3.63) is 102 Å². The molecule has 2 N–H and O–H groups in total. The van der Waals surface area contributed by atoms with Gasteiger partial charge < -0.3 is 29.6 Å². The zero-order chi connectivity index (χ0) is 33.4. The smallest absolute Gasteiger partial charge is 0.408 e. The van der Waals surface area contributed by atoms with Crippen molar-refractivity contribution in [2.75, 3.05) is 6.54 Å². The molecule has 0 aromatic heterocycles. The Labute approximate surface area is 270 Å². The maximum absolute atomic E-state index is 13.0. The van der Waals surface area contributed by atoms with E-state index in [2.05, 4.69) is 17.6 Å². The van der Waals surface area contributed by atoms with Crippen LogP contribution < -0.4 is 15.4 Å². The third-order valence-electron chi connectivity index (χ3n) is 6.58. The zero-order valence-corrected chi connectivity index (χ0v) is 27.0. The van der Waals surface area contributed by atoms with E-state index in [0.29, 0.717) is 12.1 Å². The summed E-state index contributed by atoms with van der Waals surface area (Å²) in [6.45, 7) is 7.71. The first kappa shape index (κ1) is 35.6. The van der Waals surface area contributed by atoms with Gasteiger partial charge in [-0.25, -0.2) is 14.4 Å². The van der Waals surface area contributed by atoms with E-state index in [9.17, 15) is 19.2 Å². The van der Waals surface area contributed by atoms with Crippen molar-refractivity contribution in [2.24, 2.45) is 0 Å². The van der Waals surface area contributed by atoms with Gasteiger partial charge in [0.2, 0.25) is 5.91 Å². The summed E-state index contributed by atoms with van der Waals surface area (Å²) < 4.78 is 22.0. The minimum Gasteiger partial charge on any atom is -0.467 e. The largest absolute Gasteiger partial charge is 0.467 e. The van der Waals surface area contributed by atoms with Gasteiger partial charge in [-0.05, 0) is 56.0 Å². The van der Waals surface area contributed by atoms with Crippen LogP contribution in [0.5, 0.6) is 5.75 Å². The number of carbonyl (C=O) groups is 4. The van der Waals surface area contributed by atoms with Gasteiger partial charge >= 0.3 is 18.0 Å². The average molecular weight is 633 g/mol. The van der Waals surface area contributed by atoms with Gasteiger partial charge in [-0.3, -0.25) is 4.79 Å². The summed E-state index contributed by atoms with van der Waals surface area (Å²) in [5.74, 6) is -1.91. The molecule has 10 nitrogen and oxygen atoms in total. The van der Waals surface area contributed by atoms with Crippen molar-refractivity contribution in [1.29, 1.82) is 0 Å². The topological polar surface area (TPSA) is 129 Å². The Morgan fingerprint density at radius 1 is 0.717 bits per heavy atom. The number of esters is 2. The van der Waals surface area contributed by atoms with Crippen LogP contribution in [0.25, 0.3) is 0 Å². The van der Waals surface area contributed by atoms with Gasteiger partial charge in [0.15, 0.2) is 0 Å². The molecule has 0 aliphatic heterocycles. The van der Waals surface area contributed by atoms with Crippen LogP contribution in [0.1, 0.15) is 63.6 Å². The molecule has 46 heavy (non-hydrogen) atoms. The molecule has 3 aromatic carbocycles. The molecule has 0 aliphatic rings. The molecule has 0 radical (unpaired) electrons. The van der Waals surface area contributed by atoms with Crippen molar-refractivity contribution in [2.45, 2.75) is 84.3 Å². The summed E-state index contributed by atoms with van der Waals surface area (Å²) in [4.78, 5) is 51.6. The van der Waals surface area contributed by atoms with E-state index < -0.39 is 35.8 Å². The molecule has 10 heteroatoms. The maximum atomic E-state index is 13.0. The summed E-state index contributed by atoms with van der Waals surface area (Å²) in [6.07, 6.45) is 0.616. The Hall–Kier alpha value is -4.86. The van der Waals surface area contributed by atoms with Crippen LogP contribution in [0, 0.1) is 0 Å². The standard InChI is InChI=1S/C36H44N2O8/c1-5-6-13-22-37-32(39)30(38-35(42)46-36(2,3)4)23-26-18-20-29(21-19-26)45-31(33(40)43-24-27-14-9-7-10-15-27)34(41)44-25-28-16-11-8-12-17-28/h7-12,14-21,30-31H,5-6,13,22-25H2,1-4H3,(H,37,39)(H,38,42)/t30-/m0/s1. The van der Waals surface area contributed by atoms with Crippen LogP contribution in [-0.4, -0.2) is 48.2 Å². The first-order valence-corrected chi connectivity index (χ1v) is 15.5. The Morgan fingerprint density at radius 2 is 1.26 bits per heavy atom. The fourth-order valence-corrected chi connectivity index (χ4v) is 4.25. The third-order valence-corrected chi connectivity index (χ3v) is 6.58. The van der Waals surface area contributed by atoms with E-state index in [-0.39, 0.29) is 31.3 Å². The number of unbranched alkanes of at least 4 members (excludes halogenated alkanes) is 2. The monoisotopic (exact) mass is 632 g/mol. The molecule has 0 aliphatic carbocycles. The summed E-state index contributed by atoms with van der Waals surface area (Å²) >= 11 is 0. The Kier molecular flexibility index (Phi) is 14.1. The summed E-state index contributed by atoms with van der Waals surface area (Å²) in [6, 6.07) is 23.8. The lowest BCUT2D eigenvalue weighted by molar-refractivity contribution is -0.168. The first-order valence-electron chi connectivity index (χ1n) is 15.5. The number of nitrogens with one attached hydrogen (secondary N) is 2. The third kappa shape index (κ3) is 13.0. The lowest BCUT2D eigenvalue weighted by Crippen LogP contribution is -2.49. The minimum absolute atomic E-state index is 0.0447. The highest BCUT2D eigenvalue weighted by Gasteiger charge is 2.33. The maximum Gasteiger partial charge on any atom is 0.408 e. The molecule has 246 valence electrons. The SMILES string of the molecule is CCCCCNC(=O)[C@H](Cc1ccc(OC(C(=O)OCc2ccccc2)C(=O)OCc2ccccc2)cc1)NC(=O)OC(C)(C)C. The second-order valence-electron chi connectivity index (χ2n) is 11.7. The molecule has 0 saturated heterocycles. The molecule has 1 atom stereocenters. The molecule has 0 fully saturated rings. The molecule has 2 amide bonds. The van der Waals surface area contributed by atoms with Crippen LogP contribution in [0.15, 0.2) is 84.9 Å². The summed E-state index contributed by atoms with van der Waals surface area (Å²) in [5, 5.41) is 5.55. The zero-order valence-electron chi connectivity index (χ0n) is 27.0. The molecule has 3 rings (SSSR count). The molecule has 0 saturated carbocycles. The lowest BCUT2D eigenvalue weighted by Gasteiger charge is -2.23. The predicted molar refractivity (Wildman–Crippen MR) is 173 cm³/mol. The average Bonchev–Trinajstić information content (AvgIpc) is 3.03. The van der Waals surface area contributed by atoms with Crippen molar-refractivity contribution < 1.29 is 38.1 Å². The number of alkyl carbamates (subject to hydrolysis) is 1. The number of ether oxygens (including phenoxy) is 4. The van der Waals surface area contributed by atoms with Gasteiger partial charge in [0.05, 0.1) is 0 Å². The normalized spacial score (nSPS) is 11.7. The molecular formula is C36H44N2O8. The first-order chi connectivity index (χ1) is 22.0. The summed E-state index contributed by atoms with van der Waals surface area (Å²) in [5.41, 5.74) is 1.47. The number of rotatable bonds is 16. The van der Waals surface area contributed by atoms with Gasteiger partial charge in [0.1, 0.15) is 30.6 Å². The van der Waals surface area contributed by atoms with Crippen LogP contribution in [-0.2, 0) is 48.2 Å². The number of hydrogen-bond donors (Lipinski definition) is 2. The molecule has 0 spiro atoms. The van der Waals surface area contributed by atoms with E-state index in [1.54, 1.807) is 69.3 Å². The number of carbonyl (C=O) groups excluding carboxylic acids is 4. The van der Waals surface area contributed by atoms with Crippen molar-refractivity contribution in [3.8, 4) is 5.75 Å². The van der Waals surface area contributed by atoms with E-state index in [1.807, 2.05) is 36.4 Å². The van der Waals surface area contributed by atoms with Crippen LogP contribution >= 0.6 is 0 Å². The quantitative estimate of drug-likeness (QED) is 0.0896. The predicted octanol–water partition coefficient (Wildman–Crippen LogP) is 5.66. The van der Waals surface area contributed by atoms with Gasteiger partial charge in [-0.15, -0.1) is 0 Å². The number of hydrogen-bond acceptors (Lipinski definition) is 8. The Bertz CT molecular complexity index is 1330. The van der Waals surface area contributed by atoms with E-state index >= 15 is 0 Å². The molecule has 0 bridgehead atoms. The highest BCUT2D eigenvalue weighted by Crippen LogP contribution is 2.18. The molecule has 0 unspecified atom stereocenters. The second-order valence-corrected chi connectivity index (χ2v) is 11.7. The van der Waals surface area contributed by atoms with Crippen molar-refractivity contribution in [1.82, 2.24) is 10.6 Å². The highest BCUT2D eigenvalue weighted by molar-refractivity contribution is 5.98. The molecule has 3 aromatic rings. The van der Waals surface area contributed by atoms with Crippen molar-refractivity contribution in [3.63, 3.8) is 0 Å². The van der Waals surface area contributed by atoms with Gasteiger partial charge in [-0.1, -0.05) is 92.6 Å².